The lowest BCUT2D eigenvalue weighted by molar-refractivity contribution is 0.0730. The number of nitrogens with zero attached hydrogens (tertiary/aromatic N) is 1. The van der Waals surface area contributed by atoms with Crippen LogP contribution in [0.15, 0.2) is 84.9 Å². The Hall–Kier alpha value is -2.37. The molecule has 1 unspecified atom stereocenters. The fraction of sp³-hybridized carbons (Fsp3) is 0.333. The van der Waals surface area contributed by atoms with Crippen molar-refractivity contribution in [3.63, 3.8) is 0 Å². The molecule has 5 heteroatoms. The van der Waals surface area contributed by atoms with Crippen LogP contribution in [0, 0.1) is 0 Å². The molecule has 0 aromatic heterocycles. The lowest BCUT2D eigenvalue weighted by atomic mass is 9.98. The first-order valence-corrected chi connectivity index (χ1v) is 11.4. The van der Waals surface area contributed by atoms with E-state index in [4.69, 9.17) is 14.1 Å². The van der Waals surface area contributed by atoms with Crippen molar-refractivity contribution >= 4 is 11.9 Å². The third-order valence-electron chi connectivity index (χ3n) is 5.95. The maximum atomic E-state index is 6.47. The van der Waals surface area contributed by atoms with E-state index in [0.29, 0.717) is 5.92 Å². The van der Waals surface area contributed by atoms with Crippen LogP contribution in [0.3, 0.4) is 0 Å². The van der Waals surface area contributed by atoms with Crippen molar-refractivity contribution in [3.8, 4) is 5.75 Å². The Morgan fingerprint density at radius 3 is 2.22 bits per heavy atom. The molecular formula is C27H32ClNO3. The van der Waals surface area contributed by atoms with Crippen LogP contribution in [0.5, 0.6) is 5.75 Å². The smallest absolute Gasteiger partial charge is 0.119 e. The second-order valence-corrected chi connectivity index (χ2v) is 7.99. The summed E-state index contributed by atoms with van der Waals surface area (Å²) in [6, 6.07) is 29.5. The van der Waals surface area contributed by atoms with Gasteiger partial charge in [0.1, 0.15) is 11.9 Å². The minimum absolute atomic E-state index is 0.00416. The van der Waals surface area contributed by atoms with Crippen LogP contribution < -0.4 is 4.74 Å². The molecule has 0 amide bonds. The summed E-state index contributed by atoms with van der Waals surface area (Å²) in [5, 5.41) is 0. The molecule has 170 valence electrons. The summed E-state index contributed by atoms with van der Waals surface area (Å²) < 4.78 is 18.2. The van der Waals surface area contributed by atoms with Crippen molar-refractivity contribution in [1.82, 2.24) is 4.90 Å². The van der Waals surface area contributed by atoms with Crippen LogP contribution in [0.25, 0.3) is 0 Å². The molecule has 1 aliphatic rings. The molecule has 0 radical (unpaired) electrons. The first-order chi connectivity index (χ1) is 15.8. The molecule has 0 bridgehead atoms. The zero-order chi connectivity index (χ0) is 22.6. The van der Waals surface area contributed by atoms with Crippen LogP contribution in [0.4, 0.5) is 0 Å². The topological polar surface area (TPSA) is 41.9 Å². The second-order valence-electron chi connectivity index (χ2n) is 7.99. The van der Waals surface area contributed by atoms with Gasteiger partial charge in [0.05, 0.1) is 19.0 Å². The van der Waals surface area contributed by atoms with Crippen LogP contribution in [0.2, 0.25) is 0 Å². The number of hydrogen-bond donors (Lipinski definition) is 1. The average molecular weight is 454 g/mol. The highest BCUT2D eigenvalue weighted by Crippen LogP contribution is 2.30. The van der Waals surface area contributed by atoms with Gasteiger partial charge in [0.25, 0.3) is 0 Å². The van der Waals surface area contributed by atoms with E-state index in [9.17, 15) is 0 Å². The van der Waals surface area contributed by atoms with Crippen LogP contribution in [-0.4, -0.2) is 42.9 Å². The van der Waals surface area contributed by atoms with Gasteiger partial charge < -0.3 is 14.4 Å². The van der Waals surface area contributed by atoms with E-state index in [1.54, 1.807) is 7.11 Å². The van der Waals surface area contributed by atoms with Gasteiger partial charge in [-0.15, -0.1) is 0 Å². The lowest BCUT2D eigenvalue weighted by Crippen LogP contribution is -2.23. The predicted octanol–water partition coefficient (Wildman–Crippen LogP) is 5.81. The molecule has 0 aliphatic carbocycles. The quantitative estimate of drug-likeness (QED) is 0.415. The Morgan fingerprint density at radius 1 is 0.938 bits per heavy atom. The summed E-state index contributed by atoms with van der Waals surface area (Å²) in [7, 11) is 1.73. The molecule has 4 rings (SSSR count). The summed E-state index contributed by atoms with van der Waals surface area (Å²) in [5.74, 6) is 1.55. The average Bonchev–Trinajstić information content (AvgIpc) is 3.35. The van der Waals surface area contributed by atoms with Crippen molar-refractivity contribution in [3.05, 3.63) is 102 Å². The van der Waals surface area contributed by atoms with Gasteiger partial charge in [0.15, 0.2) is 0 Å². The van der Waals surface area contributed by atoms with E-state index >= 15 is 0 Å². The van der Waals surface area contributed by atoms with E-state index in [2.05, 4.69) is 95.6 Å². The zero-order valence-corrected chi connectivity index (χ0v) is 19.3. The molecule has 0 spiro atoms. The van der Waals surface area contributed by atoms with Crippen LogP contribution >= 0.6 is 11.9 Å². The van der Waals surface area contributed by atoms with Gasteiger partial charge in [0, 0.05) is 19.7 Å². The Kier molecular flexibility index (Phi) is 10.0. The van der Waals surface area contributed by atoms with Gasteiger partial charge in [-0.05, 0) is 54.1 Å². The van der Waals surface area contributed by atoms with Crippen molar-refractivity contribution in [1.29, 1.82) is 0 Å². The van der Waals surface area contributed by atoms with Crippen molar-refractivity contribution in [2.75, 3.05) is 33.4 Å². The molecule has 4 nitrogen and oxygen atoms in total. The Labute approximate surface area is 196 Å². The van der Waals surface area contributed by atoms with Crippen molar-refractivity contribution in [2.45, 2.75) is 24.9 Å². The molecule has 1 aliphatic heterocycles. The minimum atomic E-state index is -0.00416. The summed E-state index contributed by atoms with van der Waals surface area (Å²) in [5.41, 5.74) is 3.81. The maximum Gasteiger partial charge on any atom is 0.119 e. The van der Waals surface area contributed by atoms with Crippen LogP contribution in [-0.2, 0) is 4.74 Å². The normalized spacial score (nSPS) is 15.9. The number of methoxy groups -OCH3 is 1. The van der Waals surface area contributed by atoms with Crippen molar-refractivity contribution < 1.29 is 14.1 Å². The van der Waals surface area contributed by atoms with E-state index in [1.807, 2.05) is 6.07 Å². The summed E-state index contributed by atoms with van der Waals surface area (Å²) >= 11 is 3.64. The Bertz CT molecular complexity index is 868. The van der Waals surface area contributed by atoms with Gasteiger partial charge >= 0.3 is 0 Å². The van der Waals surface area contributed by atoms with E-state index < -0.39 is 0 Å². The number of likely N-dealkylation sites (tertiary alicyclic amines) is 1. The zero-order valence-electron chi connectivity index (χ0n) is 18.6. The molecule has 1 N–H and O–H groups in total. The molecule has 32 heavy (non-hydrogen) atoms. The fourth-order valence-electron chi connectivity index (χ4n) is 4.33. The molecule has 1 atom stereocenters. The van der Waals surface area contributed by atoms with Crippen LogP contribution in [0.1, 0.15) is 41.6 Å². The number of halogens is 1. The van der Waals surface area contributed by atoms with Gasteiger partial charge in [-0.1, -0.05) is 72.8 Å². The first kappa shape index (κ1) is 24.3. The van der Waals surface area contributed by atoms with E-state index in [1.165, 1.54) is 23.1 Å². The summed E-state index contributed by atoms with van der Waals surface area (Å²) in [6.07, 6.45) is 2.25. The van der Waals surface area contributed by atoms with Crippen molar-refractivity contribution in [2.24, 2.45) is 0 Å². The summed E-state index contributed by atoms with van der Waals surface area (Å²) in [4.78, 5) is 2.56. The van der Waals surface area contributed by atoms with E-state index in [0.717, 1.165) is 38.4 Å². The van der Waals surface area contributed by atoms with Gasteiger partial charge in [-0.2, -0.15) is 0 Å². The highest BCUT2D eigenvalue weighted by Gasteiger charge is 2.24. The molecular weight excluding hydrogens is 422 g/mol. The molecule has 1 fully saturated rings. The molecule has 3 aromatic rings. The predicted molar refractivity (Wildman–Crippen MR) is 130 cm³/mol. The number of ether oxygens (including phenoxy) is 2. The van der Waals surface area contributed by atoms with Gasteiger partial charge in [-0.25, -0.2) is 0 Å². The fourth-order valence-corrected chi connectivity index (χ4v) is 4.33. The lowest BCUT2D eigenvalue weighted by Gasteiger charge is -2.21. The third-order valence-corrected chi connectivity index (χ3v) is 5.95. The standard InChI is InChI=1S/C27H31NO2.ClHO/c1-29-26-15-8-14-24(20-26)25-16-18-28(21-25)17-9-19-30-27(22-10-4-2-5-11-22)23-12-6-3-7-13-23;1-2/h2-8,10-15,20,25,27H,9,16-19,21H2,1H3;2H. The maximum absolute atomic E-state index is 6.47. The highest BCUT2D eigenvalue weighted by molar-refractivity contribution is 6.04. The monoisotopic (exact) mass is 453 g/mol. The Balaban J connectivity index is 0.00000141. The third kappa shape index (κ3) is 6.81. The Morgan fingerprint density at radius 2 is 1.59 bits per heavy atom. The van der Waals surface area contributed by atoms with Gasteiger partial charge in [0.2, 0.25) is 0 Å². The molecule has 3 aromatic carbocycles. The van der Waals surface area contributed by atoms with E-state index in [-0.39, 0.29) is 6.10 Å². The number of rotatable bonds is 9. The number of benzene rings is 3. The molecule has 0 saturated carbocycles. The highest BCUT2D eigenvalue weighted by atomic mass is 35.5. The second kappa shape index (κ2) is 13.2. The SMILES string of the molecule is COc1cccc(C2CCN(CCCOC(c3ccccc3)c3ccccc3)C2)c1.OCl. The minimum Gasteiger partial charge on any atom is -0.497 e. The van der Waals surface area contributed by atoms with Gasteiger partial charge in [-0.3, -0.25) is 4.66 Å². The molecule has 1 saturated heterocycles. The largest absolute Gasteiger partial charge is 0.497 e. The molecule has 1 heterocycles. The first-order valence-electron chi connectivity index (χ1n) is 11.1. The number of hydrogen-bond acceptors (Lipinski definition) is 4. The summed E-state index contributed by atoms with van der Waals surface area (Å²) in [6.45, 7) is 4.11.